The molecule has 3 rings (SSSR count). The number of aromatic nitrogens is 1. The predicted molar refractivity (Wildman–Crippen MR) is 77.8 cm³/mol. The Hall–Kier alpha value is -2.13. The fraction of sp³-hybridized carbons (Fsp3) is 0.0625. The van der Waals surface area contributed by atoms with Crippen molar-refractivity contribution in [1.29, 1.82) is 0 Å². The molecule has 0 fully saturated rings. The lowest BCUT2D eigenvalue weighted by Gasteiger charge is -2.10. The minimum Gasteiger partial charge on any atom is -0.452 e. The summed E-state index contributed by atoms with van der Waals surface area (Å²) in [6.45, 7) is 0. The van der Waals surface area contributed by atoms with E-state index in [1.165, 1.54) is 6.07 Å². The summed E-state index contributed by atoms with van der Waals surface area (Å²) < 4.78 is 19.4. The van der Waals surface area contributed by atoms with Crippen molar-refractivity contribution in [2.24, 2.45) is 0 Å². The number of hydrogen-bond acceptors (Lipinski definition) is 2. The molecule has 0 aliphatic heterocycles. The summed E-state index contributed by atoms with van der Waals surface area (Å²) in [5, 5.41) is 0.939. The number of ether oxygens (including phenoxy) is 1. The minimum absolute atomic E-state index is 0.152. The molecular formula is C16H11ClFNO. The van der Waals surface area contributed by atoms with E-state index in [9.17, 15) is 4.39 Å². The third kappa shape index (κ3) is 2.45. The van der Waals surface area contributed by atoms with Crippen LogP contribution in [-0.4, -0.2) is 4.98 Å². The van der Waals surface area contributed by atoms with Crippen LogP contribution in [0.15, 0.2) is 54.7 Å². The molecule has 1 aromatic heterocycles. The molecule has 0 spiro atoms. The summed E-state index contributed by atoms with van der Waals surface area (Å²) in [6.07, 6.45) is 1.58. The van der Waals surface area contributed by atoms with Crippen molar-refractivity contribution in [2.75, 3.05) is 0 Å². The van der Waals surface area contributed by atoms with Crippen LogP contribution in [0.4, 0.5) is 4.39 Å². The highest BCUT2D eigenvalue weighted by Crippen LogP contribution is 2.30. The number of rotatable bonds is 3. The van der Waals surface area contributed by atoms with Gasteiger partial charge in [0, 0.05) is 10.9 Å². The van der Waals surface area contributed by atoms with Crippen LogP contribution in [0.2, 0.25) is 0 Å². The molecule has 0 atom stereocenters. The van der Waals surface area contributed by atoms with E-state index in [4.69, 9.17) is 16.3 Å². The molecule has 0 radical (unpaired) electrons. The second kappa shape index (κ2) is 5.47. The number of nitrogens with zero attached hydrogens (tertiary/aromatic N) is 1. The third-order valence-electron chi connectivity index (χ3n) is 2.98. The Balaban J connectivity index is 2.01. The van der Waals surface area contributed by atoms with Crippen LogP contribution in [-0.2, 0) is 5.88 Å². The summed E-state index contributed by atoms with van der Waals surface area (Å²) in [7, 11) is 0. The summed E-state index contributed by atoms with van der Waals surface area (Å²) in [5.41, 5.74) is 1.48. The Morgan fingerprint density at radius 3 is 2.80 bits per heavy atom. The van der Waals surface area contributed by atoms with Gasteiger partial charge in [-0.2, -0.15) is 0 Å². The van der Waals surface area contributed by atoms with Crippen LogP contribution in [0.3, 0.4) is 0 Å². The van der Waals surface area contributed by atoms with E-state index < -0.39 is 5.82 Å². The average Bonchev–Trinajstić information content (AvgIpc) is 2.49. The van der Waals surface area contributed by atoms with Crippen molar-refractivity contribution >= 4 is 22.5 Å². The van der Waals surface area contributed by atoms with Crippen molar-refractivity contribution < 1.29 is 9.13 Å². The number of pyridine rings is 1. The average molecular weight is 288 g/mol. The molecule has 0 amide bonds. The van der Waals surface area contributed by atoms with Crippen molar-refractivity contribution in [2.45, 2.75) is 5.88 Å². The van der Waals surface area contributed by atoms with Crippen LogP contribution in [0, 0.1) is 5.82 Å². The zero-order valence-electron chi connectivity index (χ0n) is 10.5. The molecule has 3 aromatic rings. The first kappa shape index (κ1) is 12.9. The van der Waals surface area contributed by atoms with Gasteiger partial charge < -0.3 is 4.74 Å². The molecule has 0 saturated carbocycles. The van der Waals surface area contributed by atoms with E-state index in [-0.39, 0.29) is 11.6 Å². The van der Waals surface area contributed by atoms with Crippen LogP contribution < -0.4 is 4.74 Å². The topological polar surface area (TPSA) is 22.1 Å². The Morgan fingerprint density at radius 2 is 1.95 bits per heavy atom. The van der Waals surface area contributed by atoms with Gasteiger partial charge in [0.05, 0.1) is 17.6 Å². The molecule has 0 N–H and O–H groups in total. The molecule has 2 nitrogen and oxygen atoms in total. The first-order valence-corrected chi connectivity index (χ1v) is 6.67. The highest BCUT2D eigenvalue weighted by molar-refractivity contribution is 6.17. The molecule has 1 heterocycles. The number of alkyl halides is 1. The zero-order valence-corrected chi connectivity index (χ0v) is 11.3. The number of benzene rings is 2. The normalized spacial score (nSPS) is 10.7. The monoisotopic (exact) mass is 287 g/mol. The maximum absolute atomic E-state index is 13.8. The smallest absolute Gasteiger partial charge is 0.167 e. The summed E-state index contributed by atoms with van der Waals surface area (Å²) >= 11 is 5.80. The molecule has 2 aromatic carbocycles. The van der Waals surface area contributed by atoms with Gasteiger partial charge in [0.15, 0.2) is 11.6 Å². The standard InChI is InChI=1S/C16H11ClFNO/c17-9-12-5-3-6-14(18)16(12)20-13-8-11-4-1-2-7-15(11)19-10-13/h1-8,10H,9H2. The Labute approximate surface area is 120 Å². The number of hydrogen-bond donors (Lipinski definition) is 0. The fourth-order valence-electron chi connectivity index (χ4n) is 2.00. The second-order valence-electron chi connectivity index (χ2n) is 4.33. The second-order valence-corrected chi connectivity index (χ2v) is 4.59. The lowest BCUT2D eigenvalue weighted by atomic mass is 10.2. The van der Waals surface area contributed by atoms with Crippen molar-refractivity contribution in [3.05, 3.63) is 66.1 Å². The van der Waals surface area contributed by atoms with E-state index in [1.807, 2.05) is 30.3 Å². The highest BCUT2D eigenvalue weighted by atomic mass is 35.5. The van der Waals surface area contributed by atoms with Gasteiger partial charge in [0.2, 0.25) is 0 Å². The number of para-hydroxylation sites is 2. The molecule has 20 heavy (non-hydrogen) atoms. The molecule has 0 aliphatic rings. The van der Waals surface area contributed by atoms with E-state index in [1.54, 1.807) is 18.3 Å². The van der Waals surface area contributed by atoms with Crippen molar-refractivity contribution in [3.8, 4) is 11.5 Å². The Bertz CT molecular complexity index is 760. The molecule has 0 bridgehead atoms. The van der Waals surface area contributed by atoms with Crippen LogP contribution >= 0.6 is 11.6 Å². The fourth-order valence-corrected chi connectivity index (χ4v) is 2.21. The van der Waals surface area contributed by atoms with Gasteiger partial charge in [-0.05, 0) is 18.2 Å². The lowest BCUT2D eigenvalue weighted by molar-refractivity contribution is 0.437. The van der Waals surface area contributed by atoms with Gasteiger partial charge in [-0.1, -0.05) is 30.3 Å². The van der Waals surface area contributed by atoms with Crippen molar-refractivity contribution in [1.82, 2.24) is 4.98 Å². The SMILES string of the molecule is Fc1cccc(CCl)c1Oc1cnc2ccccc2c1. The van der Waals surface area contributed by atoms with Crippen LogP contribution in [0.5, 0.6) is 11.5 Å². The zero-order chi connectivity index (χ0) is 13.9. The van der Waals surface area contributed by atoms with E-state index in [0.717, 1.165) is 10.9 Å². The highest BCUT2D eigenvalue weighted by Gasteiger charge is 2.10. The van der Waals surface area contributed by atoms with Crippen LogP contribution in [0.1, 0.15) is 5.56 Å². The van der Waals surface area contributed by atoms with E-state index in [0.29, 0.717) is 11.3 Å². The molecule has 0 unspecified atom stereocenters. The van der Waals surface area contributed by atoms with Crippen molar-refractivity contribution in [3.63, 3.8) is 0 Å². The summed E-state index contributed by atoms with van der Waals surface area (Å²) in [5.74, 6) is 0.393. The third-order valence-corrected chi connectivity index (χ3v) is 3.27. The maximum Gasteiger partial charge on any atom is 0.167 e. The van der Waals surface area contributed by atoms with Gasteiger partial charge >= 0.3 is 0 Å². The van der Waals surface area contributed by atoms with Gasteiger partial charge in [-0.3, -0.25) is 4.98 Å². The van der Waals surface area contributed by atoms with Gasteiger partial charge in [-0.15, -0.1) is 11.6 Å². The largest absolute Gasteiger partial charge is 0.452 e. The van der Waals surface area contributed by atoms with E-state index >= 15 is 0 Å². The lowest BCUT2D eigenvalue weighted by Crippen LogP contribution is -1.94. The quantitative estimate of drug-likeness (QED) is 0.639. The Morgan fingerprint density at radius 1 is 1.10 bits per heavy atom. The maximum atomic E-state index is 13.8. The molecule has 0 aliphatic carbocycles. The Kier molecular flexibility index (Phi) is 3.52. The predicted octanol–water partition coefficient (Wildman–Crippen LogP) is 4.91. The first-order valence-electron chi connectivity index (χ1n) is 6.14. The number of halogens is 2. The molecular weight excluding hydrogens is 277 g/mol. The van der Waals surface area contributed by atoms with Gasteiger partial charge in [0.25, 0.3) is 0 Å². The van der Waals surface area contributed by atoms with Crippen LogP contribution in [0.25, 0.3) is 10.9 Å². The van der Waals surface area contributed by atoms with Gasteiger partial charge in [0.1, 0.15) is 5.75 Å². The molecule has 100 valence electrons. The summed E-state index contributed by atoms with van der Waals surface area (Å²) in [4.78, 5) is 4.28. The number of fused-ring (bicyclic) bond motifs is 1. The van der Waals surface area contributed by atoms with E-state index in [2.05, 4.69) is 4.98 Å². The van der Waals surface area contributed by atoms with Gasteiger partial charge in [-0.25, -0.2) is 4.39 Å². The minimum atomic E-state index is -0.434. The molecule has 4 heteroatoms. The molecule has 0 saturated heterocycles. The first-order chi connectivity index (χ1) is 9.78. The summed E-state index contributed by atoms with van der Waals surface area (Å²) in [6, 6.07) is 14.2.